The highest BCUT2D eigenvalue weighted by Gasteiger charge is 2.62. The van der Waals surface area contributed by atoms with E-state index in [1.807, 2.05) is 40.7 Å². The van der Waals surface area contributed by atoms with E-state index < -0.39 is 23.6 Å². The number of halogens is 1. The molecule has 1 fully saturated rings. The Morgan fingerprint density at radius 1 is 1.09 bits per heavy atom. The first-order valence-electron chi connectivity index (χ1n) is 7.52. The maximum absolute atomic E-state index is 6.31. The van der Waals surface area contributed by atoms with E-state index in [-0.39, 0.29) is 6.10 Å². The lowest BCUT2D eigenvalue weighted by Crippen LogP contribution is -2.46. The van der Waals surface area contributed by atoms with Crippen molar-refractivity contribution in [2.75, 3.05) is 14.2 Å². The Kier molecular flexibility index (Phi) is 4.51. The molecule has 0 bridgehead atoms. The lowest BCUT2D eigenvalue weighted by molar-refractivity contribution is 0.00578. The summed E-state index contributed by atoms with van der Waals surface area (Å²) in [7, 11) is 2.80. The molecule has 1 heterocycles. The fourth-order valence-electron chi connectivity index (χ4n) is 2.97. The van der Waals surface area contributed by atoms with Gasteiger partial charge in [-0.15, -0.1) is 0 Å². The minimum atomic E-state index is -0.524. The van der Waals surface area contributed by atoms with Crippen molar-refractivity contribution in [2.45, 2.75) is 64.2 Å². The molecular weight excluding hydrogens is 302 g/mol. The number of allylic oxidation sites excluding steroid dienone is 2. The van der Waals surface area contributed by atoms with Gasteiger partial charge in [-0.05, 0) is 40.7 Å². The first-order chi connectivity index (χ1) is 10.0. The molecule has 0 aromatic heterocycles. The number of hydrogen-bond donors (Lipinski definition) is 0. The number of hydrogen-bond acceptors (Lipinski definition) is 4. The fourth-order valence-corrected chi connectivity index (χ4v) is 3.31. The van der Waals surface area contributed by atoms with Gasteiger partial charge in [-0.2, -0.15) is 0 Å². The summed E-state index contributed by atoms with van der Waals surface area (Å²) < 4.78 is 23.8. The topological polar surface area (TPSA) is 36.9 Å². The Bertz CT molecular complexity index is 510. The zero-order chi connectivity index (χ0) is 16.9. The van der Waals surface area contributed by atoms with Gasteiger partial charge in [0.1, 0.15) is 11.9 Å². The van der Waals surface area contributed by atoms with Crippen molar-refractivity contribution >= 4 is 18.7 Å². The summed E-state index contributed by atoms with van der Waals surface area (Å²) in [6.07, 6.45) is 1.53. The van der Waals surface area contributed by atoms with E-state index in [9.17, 15) is 0 Å². The lowest BCUT2D eigenvalue weighted by atomic mass is 9.50. The SMILES string of the molecule is COC1=C(Cl)C=C(C)C(C)(B2OC(C)(C)C(C)(C)O2)C1OC. The highest BCUT2D eigenvalue weighted by Crippen LogP contribution is 2.55. The highest BCUT2D eigenvalue weighted by molar-refractivity contribution is 6.51. The molecule has 4 nitrogen and oxygen atoms in total. The molecule has 6 heteroatoms. The third-order valence-corrected chi connectivity index (χ3v) is 5.70. The summed E-state index contributed by atoms with van der Waals surface area (Å²) in [6.45, 7) is 12.3. The van der Waals surface area contributed by atoms with Crippen LogP contribution in [0.2, 0.25) is 5.31 Å². The van der Waals surface area contributed by atoms with Crippen LogP contribution in [-0.2, 0) is 18.8 Å². The van der Waals surface area contributed by atoms with E-state index in [1.54, 1.807) is 14.2 Å². The molecule has 0 aromatic rings. The molecule has 2 aliphatic rings. The number of methoxy groups -OCH3 is 2. The third-order valence-electron chi connectivity index (χ3n) is 5.41. The Morgan fingerprint density at radius 2 is 1.59 bits per heavy atom. The predicted molar refractivity (Wildman–Crippen MR) is 88.9 cm³/mol. The summed E-state index contributed by atoms with van der Waals surface area (Å²) in [5.74, 6) is 0.604. The fraction of sp³-hybridized carbons (Fsp3) is 0.750. The Hall–Kier alpha value is -0.485. The molecule has 2 unspecified atom stereocenters. The summed E-state index contributed by atoms with van der Waals surface area (Å²) in [5.41, 5.74) is 0.234. The zero-order valence-corrected chi connectivity index (χ0v) is 15.5. The van der Waals surface area contributed by atoms with Gasteiger partial charge in [0.2, 0.25) is 0 Å². The molecule has 0 N–H and O–H groups in total. The second-order valence-electron chi connectivity index (χ2n) is 7.23. The summed E-state index contributed by atoms with van der Waals surface area (Å²) >= 11 is 6.31. The van der Waals surface area contributed by atoms with Gasteiger partial charge in [0.15, 0.2) is 0 Å². The maximum Gasteiger partial charge on any atom is 0.471 e. The first-order valence-corrected chi connectivity index (χ1v) is 7.90. The van der Waals surface area contributed by atoms with Crippen molar-refractivity contribution in [1.29, 1.82) is 0 Å². The molecule has 0 radical (unpaired) electrons. The Labute approximate surface area is 138 Å². The molecule has 22 heavy (non-hydrogen) atoms. The van der Waals surface area contributed by atoms with Crippen LogP contribution >= 0.6 is 11.6 Å². The normalized spacial score (nSPS) is 34.0. The second-order valence-corrected chi connectivity index (χ2v) is 7.64. The minimum absolute atomic E-state index is 0.371. The lowest BCUT2D eigenvalue weighted by Gasteiger charge is -2.41. The van der Waals surface area contributed by atoms with Crippen molar-refractivity contribution < 1.29 is 18.8 Å². The molecule has 1 saturated heterocycles. The largest absolute Gasteiger partial charge is 0.497 e. The van der Waals surface area contributed by atoms with Crippen LogP contribution in [0.1, 0.15) is 41.5 Å². The Balaban J connectivity index is 2.47. The van der Waals surface area contributed by atoms with Gasteiger partial charge in [-0.25, -0.2) is 0 Å². The van der Waals surface area contributed by atoms with E-state index in [1.165, 1.54) is 0 Å². The van der Waals surface area contributed by atoms with E-state index in [2.05, 4.69) is 6.92 Å². The minimum Gasteiger partial charge on any atom is -0.497 e. The van der Waals surface area contributed by atoms with Crippen LogP contribution in [0.4, 0.5) is 0 Å². The molecule has 0 aromatic carbocycles. The van der Waals surface area contributed by atoms with Gasteiger partial charge >= 0.3 is 7.12 Å². The molecular formula is C16H26BClO4. The van der Waals surface area contributed by atoms with Gasteiger partial charge in [-0.1, -0.05) is 24.1 Å². The standard InChI is InChI=1S/C16H26BClO4/c1-10-9-11(18)12(19-7)13(20-8)16(10,6)17-21-14(2,3)15(4,5)22-17/h9,13H,1-8H3. The first kappa shape index (κ1) is 17.9. The Morgan fingerprint density at radius 3 is 2.00 bits per heavy atom. The van der Waals surface area contributed by atoms with Crippen molar-refractivity contribution in [3.63, 3.8) is 0 Å². The number of rotatable bonds is 3. The quantitative estimate of drug-likeness (QED) is 0.736. The van der Waals surface area contributed by atoms with Crippen molar-refractivity contribution in [3.8, 4) is 0 Å². The van der Waals surface area contributed by atoms with Gasteiger partial charge < -0.3 is 18.8 Å². The monoisotopic (exact) mass is 328 g/mol. The van der Waals surface area contributed by atoms with Crippen LogP contribution in [0.25, 0.3) is 0 Å². The van der Waals surface area contributed by atoms with Crippen LogP contribution < -0.4 is 0 Å². The molecule has 0 saturated carbocycles. The third kappa shape index (κ3) is 2.43. The molecule has 2 rings (SSSR count). The van der Waals surface area contributed by atoms with Gasteiger partial charge in [0, 0.05) is 7.11 Å². The van der Waals surface area contributed by atoms with E-state index in [0.29, 0.717) is 10.8 Å². The summed E-state index contributed by atoms with van der Waals surface area (Å²) in [4.78, 5) is 0. The van der Waals surface area contributed by atoms with E-state index in [0.717, 1.165) is 5.57 Å². The van der Waals surface area contributed by atoms with Crippen molar-refractivity contribution in [2.24, 2.45) is 0 Å². The van der Waals surface area contributed by atoms with Crippen LogP contribution in [0, 0.1) is 0 Å². The highest BCUT2D eigenvalue weighted by atomic mass is 35.5. The van der Waals surface area contributed by atoms with Crippen LogP contribution in [0.15, 0.2) is 22.4 Å². The zero-order valence-electron chi connectivity index (χ0n) is 14.7. The summed E-state index contributed by atoms with van der Waals surface area (Å²) in [6, 6.07) is 0. The van der Waals surface area contributed by atoms with Crippen molar-refractivity contribution in [3.05, 3.63) is 22.4 Å². The van der Waals surface area contributed by atoms with E-state index >= 15 is 0 Å². The number of ether oxygens (including phenoxy) is 2. The van der Waals surface area contributed by atoms with Crippen LogP contribution in [0.5, 0.6) is 0 Å². The molecule has 2 atom stereocenters. The maximum atomic E-state index is 6.31. The van der Waals surface area contributed by atoms with Gasteiger partial charge in [-0.3, -0.25) is 0 Å². The predicted octanol–water partition coefficient (Wildman–Crippen LogP) is 3.91. The molecule has 1 aliphatic heterocycles. The average Bonchev–Trinajstić information content (AvgIpc) is 2.62. The summed E-state index contributed by atoms with van der Waals surface area (Å²) in [5, 5.41) is 0.0321. The van der Waals surface area contributed by atoms with Crippen LogP contribution in [0.3, 0.4) is 0 Å². The molecule has 0 amide bonds. The molecule has 0 spiro atoms. The second kappa shape index (κ2) is 5.55. The molecule has 124 valence electrons. The van der Waals surface area contributed by atoms with Crippen molar-refractivity contribution in [1.82, 2.24) is 0 Å². The molecule has 1 aliphatic carbocycles. The van der Waals surface area contributed by atoms with E-state index in [4.69, 9.17) is 30.4 Å². The smallest absolute Gasteiger partial charge is 0.471 e. The van der Waals surface area contributed by atoms with Gasteiger partial charge in [0.25, 0.3) is 0 Å². The van der Waals surface area contributed by atoms with Crippen LogP contribution in [-0.4, -0.2) is 38.6 Å². The average molecular weight is 329 g/mol. The van der Waals surface area contributed by atoms with Gasteiger partial charge in [0.05, 0.1) is 28.7 Å².